The first-order valence-corrected chi connectivity index (χ1v) is 13.7. The fraction of sp³-hybridized carbons (Fsp3) is 0.452. The third kappa shape index (κ3) is 7.17. The Hall–Kier alpha value is -4.49. The van der Waals surface area contributed by atoms with E-state index in [-0.39, 0.29) is 55.1 Å². The summed E-state index contributed by atoms with van der Waals surface area (Å²) in [6, 6.07) is 7.60. The molecule has 2 fully saturated rings. The molecular formula is C31H40N4O9. The van der Waals surface area contributed by atoms with Gasteiger partial charge in [-0.3, -0.25) is 14.4 Å². The molecule has 0 radical (unpaired) electrons. The lowest BCUT2D eigenvalue weighted by molar-refractivity contribution is -0.137. The Morgan fingerprint density at radius 1 is 0.795 bits per heavy atom. The number of hydrogen-bond donors (Lipinski definition) is 2. The van der Waals surface area contributed by atoms with Crippen LogP contribution < -0.4 is 0 Å². The molecule has 2 aromatic carbocycles. The second-order valence-electron chi connectivity index (χ2n) is 10.0. The van der Waals surface area contributed by atoms with E-state index in [9.17, 15) is 24.6 Å². The van der Waals surface area contributed by atoms with E-state index in [1.165, 1.54) is 24.3 Å². The Labute approximate surface area is 255 Å². The molecule has 2 amide bonds. The van der Waals surface area contributed by atoms with Crippen LogP contribution in [0.1, 0.15) is 62.7 Å². The number of phenolic OH excluding ortho intramolecular Hbond substituents is 2. The number of nitrogens with zero attached hydrogens (tertiary/aromatic N) is 4. The highest BCUT2D eigenvalue weighted by atomic mass is 16.5. The van der Waals surface area contributed by atoms with Gasteiger partial charge in [0.25, 0.3) is 0 Å². The van der Waals surface area contributed by atoms with Gasteiger partial charge in [-0.25, -0.2) is 9.97 Å². The number of oxazole rings is 2. The van der Waals surface area contributed by atoms with Crippen LogP contribution in [0.15, 0.2) is 39.2 Å². The molecule has 2 saturated heterocycles. The first-order valence-electron chi connectivity index (χ1n) is 13.7. The molecule has 2 aliphatic rings. The van der Waals surface area contributed by atoms with Gasteiger partial charge in [0, 0.05) is 32.2 Å². The summed E-state index contributed by atoms with van der Waals surface area (Å²) in [5, 5.41) is 19.1. The van der Waals surface area contributed by atoms with Gasteiger partial charge in [0.2, 0.25) is 23.6 Å². The average Bonchev–Trinajstić information content (AvgIpc) is 3.65. The summed E-state index contributed by atoms with van der Waals surface area (Å²) in [6.45, 7) is 7.97. The minimum absolute atomic E-state index is 0. The number of phenols is 2. The zero-order valence-electron chi connectivity index (χ0n) is 23.3. The number of amides is 2. The summed E-state index contributed by atoms with van der Waals surface area (Å²) in [5.41, 5.74) is 1.84. The van der Waals surface area contributed by atoms with Gasteiger partial charge >= 0.3 is 0 Å². The van der Waals surface area contributed by atoms with E-state index in [1.807, 2.05) is 0 Å². The maximum absolute atomic E-state index is 12.4. The smallest absolute Gasteiger partial charge is 0.234 e. The third-order valence-corrected chi connectivity index (χ3v) is 7.23. The van der Waals surface area contributed by atoms with Gasteiger partial charge < -0.3 is 38.3 Å². The minimum atomic E-state index is -0.563. The quantitative estimate of drug-likeness (QED) is 0.312. The molecule has 2 N–H and O–H groups in total. The van der Waals surface area contributed by atoms with Crippen LogP contribution in [-0.2, 0) is 19.1 Å². The number of aldehydes is 1. The van der Waals surface area contributed by atoms with Crippen molar-refractivity contribution in [2.45, 2.75) is 40.5 Å². The summed E-state index contributed by atoms with van der Waals surface area (Å²) in [4.78, 5) is 47.9. The van der Waals surface area contributed by atoms with Gasteiger partial charge in [-0.2, -0.15) is 0 Å². The number of ether oxygens (including phenoxy) is 2. The first kappa shape index (κ1) is 34.0. The number of benzene rings is 2. The van der Waals surface area contributed by atoms with Gasteiger partial charge in [0.05, 0.1) is 32.0 Å². The molecule has 4 heterocycles. The van der Waals surface area contributed by atoms with E-state index in [1.54, 1.807) is 29.7 Å². The van der Waals surface area contributed by atoms with Crippen molar-refractivity contribution >= 4 is 40.3 Å². The Morgan fingerprint density at radius 3 is 1.84 bits per heavy atom. The predicted octanol–water partition coefficient (Wildman–Crippen LogP) is 4.08. The standard InChI is InChI=1S/C15H16N2O5.C14H16N2O4.2CH4/c1-9(15(20)17-4-6-21-7-5-17)14-16-13-10(8-18)11(19)2-3-12(13)22-14;1-9(14(18)16-4-6-19-7-5-16)13-15-11-8-10(17)2-3-12(11)20-13;;/h2-3,8-9,19H,4-7H2,1H3;2-3,8-9,17H,4-7H2,1H3;2*1H4. The minimum Gasteiger partial charge on any atom is -0.508 e. The molecule has 0 aliphatic carbocycles. The van der Waals surface area contributed by atoms with Gasteiger partial charge in [-0.15, -0.1) is 0 Å². The molecule has 13 nitrogen and oxygen atoms in total. The lowest BCUT2D eigenvalue weighted by Gasteiger charge is -2.28. The Morgan fingerprint density at radius 2 is 1.30 bits per heavy atom. The van der Waals surface area contributed by atoms with Crippen molar-refractivity contribution in [1.29, 1.82) is 0 Å². The molecule has 4 aromatic rings. The highest BCUT2D eigenvalue weighted by molar-refractivity contribution is 5.96. The fourth-order valence-corrected chi connectivity index (χ4v) is 4.77. The van der Waals surface area contributed by atoms with Gasteiger partial charge in [0.15, 0.2) is 17.5 Å². The summed E-state index contributed by atoms with van der Waals surface area (Å²) in [5.74, 6) is -0.521. The van der Waals surface area contributed by atoms with Gasteiger partial charge in [-0.05, 0) is 38.1 Å². The Kier molecular flexibility index (Phi) is 11.4. The van der Waals surface area contributed by atoms with E-state index in [0.717, 1.165) is 0 Å². The monoisotopic (exact) mass is 612 g/mol. The van der Waals surface area contributed by atoms with Crippen LogP contribution in [0.2, 0.25) is 0 Å². The Bertz CT molecular complexity index is 1590. The molecule has 2 aromatic heterocycles. The molecule has 2 unspecified atom stereocenters. The van der Waals surface area contributed by atoms with Gasteiger partial charge in [-0.1, -0.05) is 14.9 Å². The summed E-state index contributed by atoms with van der Waals surface area (Å²) in [6.07, 6.45) is 0.526. The number of hydrogen-bond acceptors (Lipinski definition) is 11. The molecule has 2 aliphatic heterocycles. The highest BCUT2D eigenvalue weighted by Crippen LogP contribution is 2.29. The van der Waals surface area contributed by atoms with Crippen molar-refractivity contribution < 1.29 is 42.9 Å². The van der Waals surface area contributed by atoms with Crippen LogP contribution in [0.25, 0.3) is 22.2 Å². The topological polar surface area (TPSA) is 169 Å². The van der Waals surface area contributed by atoms with E-state index in [4.69, 9.17) is 18.3 Å². The number of rotatable bonds is 5. The van der Waals surface area contributed by atoms with Crippen molar-refractivity contribution in [2.24, 2.45) is 0 Å². The lowest BCUT2D eigenvalue weighted by Crippen LogP contribution is -2.42. The first-order chi connectivity index (χ1) is 20.3. The largest absolute Gasteiger partial charge is 0.508 e. The number of carbonyl (C=O) groups excluding carboxylic acids is 3. The summed E-state index contributed by atoms with van der Waals surface area (Å²) in [7, 11) is 0. The maximum atomic E-state index is 12.4. The number of morpholine rings is 2. The van der Waals surface area contributed by atoms with E-state index in [0.29, 0.717) is 81.5 Å². The zero-order chi connectivity index (χ0) is 29.8. The summed E-state index contributed by atoms with van der Waals surface area (Å²) >= 11 is 0. The van der Waals surface area contributed by atoms with E-state index in [2.05, 4.69) is 9.97 Å². The van der Waals surface area contributed by atoms with Crippen LogP contribution in [0, 0.1) is 0 Å². The SMILES string of the molecule is C.C.CC(C(=O)N1CCOCC1)c1nc2c(C=O)c(O)ccc2o1.CC(C(=O)N1CCOCC1)c1nc2cc(O)ccc2o1. The lowest BCUT2D eigenvalue weighted by atomic mass is 10.1. The zero-order valence-corrected chi connectivity index (χ0v) is 23.3. The molecule has 13 heteroatoms. The number of aromatic nitrogens is 2. The molecule has 2 atom stereocenters. The van der Waals surface area contributed by atoms with Crippen LogP contribution >= 0.6 is 0 Å². The van der Waals surface area contributed by atoms with Crippen molar-refractivity contribution in [3.63, 3.8) is 0 Å². The number of aromatic hydroxyl groups is 2. The average molecular weight is 613 g/mol. The van der Waals surface area contributed by atoms with Crippen LogP contribution in [0.3, 0.4) is 0 Å². The molecule has 0 bridgehead atoms. The van der Waals surface area contributed by atoms with Crippen molar-refractivity contribution in [3.8, 4) is 11.5 Å². The number of fused-ring (bicyclic) bond motifs is 2. The van der Waals surface area contributed by atoms with Crippen LogP contribution in [0.4, 0.5) is 0 Å². The molecule has 238 valence electrons. The van der Waals surface area contributed by atoms with Crippen LogP contribution in [0.5, 0.6) is 11.5 Å². The van der Waals surface area contributed by atoms with Crippen molar-refractivity contribution in [3.05, 3.63) is 47.7 Å². The normalized spacial score (nSPS) is 16.2. The predicted molar refractivity (Wildman–Crippen MR) is 162 cm³/mol. The van der Waals surface area contributed by atoms with Crippen LogP contribution in [-0.4, -0.2) is 101 Å². The van der Waals surface area contributed by atoms with E-state index >= 15 is 0 Å². The van der Waals surface area contributed by atoms with Gasteiger partial charge in [0.1, 0.15) is 34.4 Å². The molecule has 0 spiro atoms. The Balaban J connectivity index is 0.000000231. The second kappa shape index (κ2) is 14.8. The molecular weight excluding hydrogens is 572 g/mol. The molecule has 44 heavy (non-hydrogen) atoms. The maximum Gasteiger partial charge on any atom is 0.234 e. The molecule has 0 saturated carbocycles. The fourth-order valence-electron chi connectivity index (χ4n) is 4.77. The molecule has 6 rings (SSSR count). The number of carbonyl (C=O) groups is 3. The summed E-state index contributed by atoms with van der Waals surface area (Å²) < 4.78 is 21.6. The van der Waals surface area contributed by atoms with Crippen molar-refractivity contribution in [2.75, 3.05) is 52.6 Å². The second-order valence-corrected chi connectivity index (χ2v) is 10.0. The highest BCUT2D eigenvalue weighted by Gasteiger charge is 2.29. The van der Waals surface area contributed by atoms with Crippen molar-refractivity contribution in [1.82, 2.24) is 19.8 Å². The third-order valence-electron chi connectivity index (χ3n) is 7.23. The van der Waals surface area contributed by atoms with E-state index < -0.39 is 11.8 Å².